The van der Waals surface area contributed by atoms with Gasteiger partial charge in [0.1, 0.15) is 29.8 Å². The number of ether oxygens (including phenoxy) is 1. The number of piperazine rings is 1. The van der Waals surface area contributed by atoms with E-state index >= 15 is 0 Å². The van der Waals surface area contributed by atoms with Crippen molar-refractivity contribution in [3.8, 4) is 0 Å². The maximum absolute atomic E-state index is 14.1. The number of amides is 5. The van der Waals surface area contributed by atoms with Crippen LogP contribution in [-0.2, 0) is 32.1 Å². The molecule has 2 unspecified atom stereocenters. The summed E-state index contributed by atoms with van der Waals surface area (Å²) in [6, 6.07) is 5.02. The Morgan fingerprint density at radius 1 is 1.16 bits per heavy atom. The summed E-state index contributed by atoms with van der Waals surface area (Å²) in [6.45, 7) is -3.63. The molecule has 1 aromatic carbocycles. The number of nitrogens with zero attached hydrogens (tertiary/aromatic N) is 4. The van der Waals surface area contributed by atoms with Crippen molar-refractivity contribution >= 4 is 23.8 Å². The van der Waals surface area contributed by atoms with Crippen LogP contribution in [0.4, 0.5) is 26.7 Å². The number of halogens is 5. The first-order chi connectivity index (χ1) is 20.8. The monoisotopic (exact) mass is 624 g/mol. The Kier molecular flexibility index (Phi) is 9.94. The minimum atomic E-state index is -4.87. The minimum absolute atomic E-state index is 0.0188. The van der Waals surface area contributed by atoms with Gasteiger partial charge in [0.25, 0.3) is 5.91 Å². The zero-order valence-electron chi connectivity index (χ0n) is 23.2. The second kappa shape index (κ2) is 13.5. The highest BCUT2D eigenvalue weighted by Gasteiger charge is 2.61. The molecule has 236 valence electrons. The summed E-state index contributed by atoms with van der Waals surface area (Å²) in [5.74, 6) is -4.32. The molecule has 0 bridgehead atoms. The molecule has 2 fully saturated rings. The van der Waals surface area contributed by atoms with Gasteiger partial charge in [0, 0.05) is 55.7 Å². The highest BCUT2D eigenvalue weighted by molar-refractivity contribution is 6.08. The van der Waals surface area contributed by atoms with E-state index in [2.05, 4.69) is 10.3 Å². The SMILES string of the molecule is NCC=CC(=O)NC(COCc1ccc(F)cc1F)C(=O)N1CCN2C(=O)N(CC(F)(F)F)C(=O)C2(Cc2ccccn2)C1. The maximum Gasteiger partial charge on any atom is 0.406 e. The first-order valence-electron chi connectivity index (χ1n) is 13.4. The van der Waals surface area contributed by atoms with Crippen molar-refractivity contribution in [2.24, 2.45) is 5.73 Å². The van der Waals surface area contributed by atoms with Gasteiger partial charge < -0.3 is 25.6 Å². The average Bonchev–Trinajstić information content (AvgIpc) is 3.16. The molecule has 2 atom stereocenters. The lowest BCUT2D eigenvalue weighted by Gasteiger charge is -2.45. The van der Waals surface area contributed by atoms with Crippen molar-refractivity contribution in [1.29, 1.82) is 0 Å². The first kappa shape index (κ1) is 32.5. The van der Waals surface area contributed by atoms with E-state index in [9.17, 15) is 41.1 Å². The third-order valence-corrected chi connectivity index (χ3v) is 7.09. The van der Waals surface area contributed by atoms with E-state index in [4.69, 9.17) is 10.5 Å². The molecule has 2 aliphatic heterocycles. The zero-order valence-corrected chi connectivity index (χ0v) is 23.2. The first-order valence-corrected chi connectivity index (χ1v) is 13.4. The van der Waals surface area contributed by atoms with Crippen LogP contribution in [0.2, 0.25) is 0 Å². The van der Waals surface area contributed by atoms with Gasteiger partial charge in [-0.25, -0.2) is 13.6 Å². The van der Waals surface area contributed by atoms with Crippen LogP contribution in [0, 0.1) is 11.6 Å². The normalized spacial score (nSPS) is 19.5. The van der Waals surface area contributed by atoms with Crippen molar-refractivity contribution in [3.63, 3.8) is 0 Å². The number of aromatic nitrogens is 1. The summed E-state index contributed by atoms with van der Waals surface area (Å²) in [4.78, 5) is 59.4. The highest BCUT2D eigenvalue weighted by atomic mass is 19.4. The number of imide groups is 1. The Hall–Kier alpha value is -4.44. The smallest absolute Gasteiger partial charge is 0.374 e. The quantitative estimate of drug-likeness (QED) is 0.220. The molecular weight excluding hydrogens is 595 g/mol. The number of pyridine rings is 1. The van der Waals surface area contributed by atoms with Crippen molar-refractivity contribution in [2.75, 3.05) is 39.3 Å². The zero-order chi connectivity index (χ0) is 32.1. The Labute approximate surface area is 248 Å². The largest absolute Gasteiger partial charge is 0.406 e. The topological polar surface area (TPSA) is 138 Å². The Morgan fingerprint density at radius 2 is 1.93 bits per heavy atom. The number of carbonyl (C=O) groups is 4. The number of hydrogen-bond donors (Lipinski definition) is 2. The molecular formula is C28H29F5N6O5. The predicted octanol–water partition coefficient (Wildman–Crippen LogP) is 1.53. The number of alkyl halides is 3. The molecule has 2 aliphatic rings. The lowest BCUT2D eigenvalue weighted by atomic mass is 9.88. The third-order valence-electron chi connectivity index (χ3n) is 7.09. The summed E-state index contributed by atoms with van der Waals surface area (Å²) < 4.78 is 72.9. The molecule has 11 nitrogen and oxygen atoms in total. The summed E-state index contributed by atoms with van der Waals surface area (Å²) >= 11 is 0. The fourth-order valence-corrected chi connectivity index (χ4v) is 5.11. The van der Waals surface area contributed by atoms with E-state index in [0.717, 1.165) is 28.0 Å². The second-order valence-electron chi connectivity index (χ2n) is 10.2. The number of carbonyl (C=O) groups excluding carboxylic acids is 4. The van der Waals surface area contributed by atoms with Crippen molar-refractivity contribution in [1.82, 2.24) is 25.0 Å². The molecule has 16 heteroatoms. The minimum Gasteiger partial charge on any atom is -0.374 e. The molecule has 1 aromatic heterocycles. The number of nitrogens with two attached hydrogens (primary N) is 1. The van der Waals surface area contributed by atoms with Gasteiger partial charge in [-0.3, -0.25) is 24.3 Å². The Bertz CT molecular complexity index is 1430. The van der Waals surface area contributed by atoms with Crippen LogP contribution in [-0.4, -0.2) is 101 Å². The van der Waals surface area contributed by atoms with Gasteiger partial charge in [-0.2, -0.15) is 13.2 Å². The summed E-state index contributed by atoms with van der Waals surface area (Å²) in [6.07, 6.45) is -1.33. The lowest BCUT2D eigenvalue weighted by molar-refractivity contribution is -0.157. The highest BCUT2D eigenvalue weighted by Crippen LogP contribution is 2.36. The van der Waals surface area contributed by atoms with Crippen molar-refractivity contribution in [3.05, 3.63) is 77.6 Å². The molecule has 0 aliphatic carbocycles. The number of urea groups is 1. The van der Waals surface area contributed by atoms with Crippen LogP contribution in [0.15, 0.2) is 54.7 Å². The van der Waals surface area contributed by atoms with Crippen molar-refractivity contribution in [2.45, 2.75) is 30.8 Å². The number of rotatable bonds is 11. The van der Waals surface area contributed by atoms with E-state index in [1.54, 1.807) is 12.1 Å². The number of fused-ring (bicyclic) bond motifs is 1. The molecule has 44 heavy (non-hydrogen) atoms. The molecule has 0 spiro atoms. The number of hydrogen-bond acceptors (Lipinski definition) is 7. The Balaban J connectivity index is 1.60. The van der Waals surface area contributed by atoms with Gasteiger partial charge in [-0.05, 0) is 18.2 Å². The molecule has 5 amide bonds. The molecule has 2 aromatic rings. The average molecular weight is 625 g/mol. The second-order valence-corrected chi connectivity index (χ2v) is 10.2. The standard InChI is InChI=1S/C28H29F5N6O5/c29-19-7-6-18(21(30)12-19)14-44-15-22(36-23(40)5-3-8-34)24(41)37-10-11-39-26(43)38(17-28(31,32)33)25(42)27(39,16-37)13-20-4-1-2-9-35-20/h1-7,9,12,22H,8,10-11,13-17,34H2,(H,36,40). The van der Waals surface area contributed by atoms with Crippen LogP contribution < -0.4 is 11.1 Å². The molecule has 0 saturated carbocycles. The van der Waals surface area contributed by atoms with Gasteiger partial charge in [-0.1, -0.05) is 18.2 Å². The number of nitrogens with one attached hydrogen (secondary N) is 1. The summed E-state index contributed by atoms with van der Waals surface area (Å²) in [5.41, 5.74) is 3.75. The Morgan fingerprint density at radius 3 is 2.59 bits per heavy atom. The van der Waals surface area contributed by atoms with Crippen molar-refractivity contribution < 1.29 is 45.9 Å². The molecule has 3 heterocycles. The predicted molar refractivity (Wildman–Crippen MR) is 143 cm³/mol. The molecule has 3 N–H and O–H groups in total. The van der Waals surface area contributed by atoms with Gasteiger partial charge in [-0.15, -0.1) is 0 Å². The van der Waals surface area contributed by atoms with Crippen LogP contribution in [0.25, 0.3) is 0 Å². The fraction of sp³-hybridized carbons (Fsp3) is 0.393. The third kappa shape index (κ3) is 7.37. The lowest BCUT2D eigenvalue weighted by Crippen LogP contribution is -2.67. The van der Waals surface area contributed by atoms with Gasteiger partial charge in [0.05, 0.1) is 19.8 Å². The van der Waals surface area contributed by atoms with E-state index in [-0.39, 0.29) is 43.1 Å². The maximum atomic E-state index is 14.1. The molecule has 2 saturated heterocycles. The molecule has 4 rings (SSSR count). The van der Waals surface area contributed by atoms with E-state index in [0.29, 0.717) is 11.8 Å². The van der Waals surface area contributed by atoms with E-state index in [1.807, 2.05) is 0 Å². The van der Waals surface area contributed by atoms with Gasteiger partial charge in [0.15, 0.2) is 0 Å². The molecule has 0 radical (unpaired) electrons. The van der Waals surface area contributed by atoms with Crippen LogP contribution in [0.3, 0.4) is 0 Å². The van der Waals surface area contributed by atoms with Crippen LogP contribution in [0.5, 0.6) is 0 Å². The van der Waals surface area contributed by atoms with E-state index in [1.165, 1.54) is 18.3 Å². The van der Waals surface area contributed by atoms with Crippen LogP contribution in [0.1, 0.15) is 11.3 Å². The van der Waals surface area contributed by atoms with Gasteiger partial charge >= 0.3 is 12.2 Å². The van der Waals surface area contributed by atoms with E-state index < -0.39 is 72.8 Å². The summed E-state index contributed by atoms with van der Waals surface area (Å²) in [7, 11) is 0. The number of benzene rings is 1. The fourth-order valence-electron chi connectivity index (χ4n) is 5.11. The summed E-state index contributed by atoms with van der Waals surface area (Å²) in [5, 5.41) is 2.45. The van der Waals surface area contributed by atoms with Crippen LogP contribution >= 0.6 is 0 Å². The van der Waals surface area contributed by atoms with Gasteiger partial charge in [0.2, 0.25) is 11.8 Å².